The number of hydrogen-bond donors (Lipinski definition) is 2. The molecule has 25 heavy (non-hydrogen) atoms. The molecule has 140 valence electrons. The van der Waals surface area contributed by atoms with Crippen LogP contribution in [0.3, 0.4) is 0 Å². The number of hydrogen-bond acceptors (Lipinski definition) is 3. The predicted molar refractivity (Wildman–Crippen MR) is 116 cm³/mol. The molecule has 0 aliphatic heterocycles. The van der Waals surface area contributed by atoms with Crippen molar-refractivity contribution in [2.24, 2.45) is 16.8 Å². The van der Waals surface area contributed by atoms with Crippen molar-refractivity contribution in [2.45, 2.75) is 51.1 Å². The highest BCUT2D eigenvalue weighted by Gasteiger charge is 2.33. The number of aromatic nitrogens is 1. The molecule has 1 aromatic rings. The van der Waals surface area contributed by atoms with Gasteiger partial charge in [0.2, 0.25) is 0 Å². The lowest BCUT2D eigenvalue weighted by Gasteiger charge is -2.33. The summed E-state index contributed by atoms with van der Waals surface area (Å²) in [5, 5.41) is 7.04. The SMILES string of the molecule is CN=C(NCc1cccc(N(C)C)n1)NC1CCC2CCCC2C1.I. The number of pyridine rings is 1. The summed E-state index contributed by atoms with van der Waals surface area (Å²) in [6.45, 7) is 0.695. The molecule has 3 unspecified atom stereocenters. The van der Waals surface area contributed by atoms with Crippen LogP contribution in [0.15, 0.2) is 23.2 Å². The zero-order chi connectivity index (χ0) is 16.9. The molecule has 1 aromatic heterocycles. The lowest BCUT2D eigenvalue weighted by atomic mass is 9.79. The summed E-state index contributed by atoms with van der Waals surface area (Å²) >= 11 is 0. The van der Waals surface area contributed by atoms with E-state index in [0.29, 0.717) is 12.6 Å². The van der Waals surface area contributed by atoms with Crippen molar-refractivity contribution in [3.63, 3.8) is 0 Å². The van der Waals surface area contributed by atoms with Gasteiger partial charge in [0.25, 0.3) is 0 Å². The predicted octanol–water partition coefficient (Wildman–Crippen LogP) is 3.40. The van der Waals surface area contributed by atoms with E-state index in [9.17, 15) is 0 Å². The van der Waals surface area contributed by atoms with E-state index in [1.165, 1.54) is 38.5 Å². The number of nitrogens with zero attached hydrogens (tertiary/aromatic N) is 3. The number of aliphatic imine (C=N–C) groups is 1. The Bertz CT molecular complexity index is 575. The zero-order valence-electron chi connectivity index (χ0n) is 15.7. The van der Waals surface area contributed by atoms with Crippen LogP contribution >= 0.6 is 24.0 Å². The zero-order valence-corrected chi connectivity index (χ0v) is 18.0. The minimum absolute atomic E-state index is 0. The summed E-state index contributed by atoms with van der Waals surface area (Å²) in [5.74, 6) is 3.81. The fourth-order valence-electron chi connectivity index (χ4n) is 4.21. The first-order chi connectivity index (χ1) is 11.7. The first-order valence-electron chi connectivity index (χ1n) is 9.26. The minimum Gasteiger partial charge on any atom is -0.363 e. The van der Waals surface area contributed by atoms with Crippen molar-refractivity contribution in [1.29, 1.82) is 0 Å². The summed E-state index contributed by atoms with van der Waals surface area (Å²) in [6.07, 6.45) is 8.28. The average molecular weight is 457 g/mol. The van der Waals surface area contributed by atoms with E-state index in [-0.39, 0.29) is 24.0 Å². The molecular formula is C19H32IN5. The third kappa shape index (κ3) is 5.46. The second-order valence-electron chi connectivity index (χ2n) is 7.41. The third-order valence-electron chi connectivity index (χ3n) is 5.54. The van der Waals surface area contributed by atoms with Crippen LogP contribution in [0.25, 0.3) is 0 Å². The molecular weight excluding hydrogens is 425 g/mol. The third-order valence-corrected chi connectivity index (χ3v) is 5.54. The van der Waals surface area contributed by atoms with Crippen molar-refractivity contribution < 1.29 is 0 Å². The van der Waals surface area contributed by atoms with Gasteiger partial charge in [-0.2, -0.15) is 0 Å². The van der Waals surface area contributed by atoms with Crippen LogP contribution < -0.4 is 15.5 Å². The number of rotatable bonds is 4. The molecule has 0 aromatic carbocycles. The van der Waals surface area contributed by atoms with E-state index in [4.69, 9.17) is 0 Å². The second kappa shape index (κ2) is 9.59. The molecule has 2 aliphatic carbocycles. The average Bonchev–Trinajstić information content (AvgIpc) is 3.06. The van der Waals surface area contributed by atoms with Crippen LogP contribution in [0.5, 0.6) is 0 Å². The molecule has 0 bridgehead atoms. The highest BCUT2D eigenvalue weighted by molar-refractivity contribution is 14.0. The lowest BCUT2D eigenvalue weighted by molar-refractivity contribution is 0.239. The van der Waals surface area contributed by atoms with Gasteiger partial charge >= 0.3 is 0 Å². The summed E-state index contributed by atoms with van der Waals surface area (Å²) < 4.78 is 0. The molecule has 0 radical (unpaired) electrons. The van der Waals surface area contributed by atoms with Crippen LogP contribution in [0.2, 0.25) is 0 Å². The van der Waals surface area contributed by atoms with Gasteiger partial charge in [-0.25, -0.2) is 4.98 Å². The topological polar surface area (TPSA) is 52.6 Å². The number of halogens is 1. The number of nitrogens with one attached hydrogen (secondary N) is 2. The highest BCUT2D eigenvalue weighted by atomic mass is 127. The molecule has 2 N–H and O–H groups in total. The fraction of sp³-hybridized carbons (Fsp3) is 0.684. The number of guanidine groups is 1. The van der Waals surface area contributed by atoms with Crippen molar-refractivity contribution >= 4 is 35.8 Å². The van der Waals surface area contributed by atoms with E-state index >= 15 is 0 Å². The van der Waals surface area contributed by atoms with Crippen LogP contribution in [0.4, 0.5) is 5.82 Å². The lowest BCUT2D eigenvalue weighted by Crippen LogP contribution is -2.45. The first kappa shape index (κ1) is 20.3. The van der Waals surface area contributed by atoms with Crippen LogP contribution in [-0.4, -0.2) is 38.1 Å². The summed E-state index contributed by atoms with van der Waals surface area (Å²) in [7, 11) is 5.87. The number of anilines is 1. The molecule has 2 saturated carbocycles. The van der Waals surface area contributed by atoms with Gasteiger partial charge in [0, 0.05) is 27.2 Å². The Labute approximate surface area is 169 Å². The maximum atomic E-state index is 4.65. The van der Waals surface area contributed by atoms with E-state index in [0.717, 1.165) is 29.3 Å². The van der Waals surface area contributed by atoms with E-state index in [1.807, 2.05) is 32.1 Å². The van der Waals surface area contributed by atoms with Gasteiger partial charge in [0.1, 0.15) is 5.82 Å². The summed E-state index contributed by atoms with van der Waals surface area (Å²) in [4.78, 5) is 11.1. The molecule has 0 amide bonds. The molecule has 0 saturated heterocycles. The maximum Gasteiger partial charge on any atom is 0.191 e. The van der Waals surface area contributed by atoms with Crippen molar-refractivity contribution in [3.05, 3.63) is 23.9 Å². The maximum absolute atomic E-state index is 4.65. The Balaban J connectivity index is 0.00000225. The molecule has 3 rings (SSSR count). The monoisotopic (exact) mass is 457 g/mol. The van der Waals surface area contributed by atoms with Crippen molar-refractivity contribution in [1.82, 2.24) is 15.6 Å². The van der Waals surface area contributed by atoms with Gasteiger partial charge in [-0.1, -0.05) is 25.3 Å². The minimum atomic E-state index is 0. The highest BCUT2D eigenvalue weighted by Crippen LogP contribution is 2.41. The molecule has 5 nitrogen and oxygen atoms in total. The summed E-state index contributed by atoms with van der Waals surface area (Å²) in [5.41, 5.74) is 1.03. The van der Waals surface area contributed by atoms with Gasteiger partial charge in [-0.3, -0.25) is 4.99 Å². The molecule has 1 heterocycles. The Morgan fingerprint density at radius 3 is 2.76 bits per heavy atom. The van der Waals surface area contributed by atoms with Crippen molar-refractivity contribution in [2.75, 3.05) is 26.0 Å². The Hall–Kier alpha value is -1.05. The summed E-state index contributed by atoms with van der Waals surface area (Å²) in [6, 6.07) is 6.70. The molecule has 3 atom stereocenters. The van der Waals surface area contributed by atoms with Crippen LogP contribution in [0, 0.1) is 11.8 Å². The van der Waals surface area contributed by atoms with Crippen LogP contribution in [0.1, 0.15) is 44.2 Å². The normalized spacial score (nSPS) is 25.7. The Morgan fingerprint density at radius 2 is 2.00 bits per heavy atom. The smallest absolute Gasteiger partial charge is 0.191 e. The number of fused-ring (bicyclic) bond motifs is 1. The molecule has 2 fully saturated rings. The second-order valence-corrected chi connectivity index (χ2v) is 7.41. The van der Waals surface area contributed by atoms with Crippen molar-refractivity contribution in [3.8, 4) is 0 Å². The fourth-order valence-corrected chi connectivity index (χ4v) is 4.21. The van der Waals surface area contributed by atoms with Gasteiger partial charge < -0.3 is 15.5 Å². The van der Waals surface area contributed by atoms with Gasteiger partial charge in [0.15, 0.2) is 5.96 Å². The molecule has 0 spiro atoms. The standard InChI is InChI=1S/C19H31N5.HI/c1-20-19(21-13-17-8-5-9-18(22-17)24(2)3)23-16-11-10-14-6-4-7-15(14)12-16;/h5,8-9,14-16H,4,6-7,10-13H2,1-3H3,(H2,20,21,23);1H. The van der Waals surface area contributed by atoms with Gasteiger partial charge in [-0.15, -0.1) is 24.0 Å². The van der Waals surface area contributed by atoms with E-state index in [2.05, 4.69) is 32.7 Å². The Kier molecular flexibility index (Phi) is 7.78. The van der Waals surface area contributed by atoms with Crippen LogP contribution in [-0.2, 0) is 6.54 Å². The van der Waals surface area contributed by atoms with E-state index in [1.54, 1.807) is 0 Å². The van der Waals surface area contributed by atoms with E-state index < -0.39 is 0 Å². The van der Waals surface area contributed by atoms with Gasteiger partial charge in [0.05, 0.1) is 12.2 Å². The quantitative estimate of drug-likeness (QED) is 0.414. The van der Waals surface area contributed by atoms with Gasteiger partial charge in [-0.05, 0) is 43.2 Å². The molecule has 6 heteroatoms. The first-order valence-corrected chi connectivity index (χ1v) is 9.26. The molecule has 2 aliphatic rings. The Morgan fingerprint density at radius 1 is 1.20 bits per heavy atom. The largest absolute Gasteiger partial charge is 0.363 e.